The molecule has 0 aliphatic rings. The Morgan fingerprint density at radius 2 is 1.82 bits per heavy atom. The number of carboxylic acid groups (broad SMARTS) is 1. The lowest BCUT2D eigenvalue weighted by Crippen LogP contribution is -2.17. The summed E-state index contributed by atoms with van der Waals surface area (Å²) in [5.41, 5.74) is 6.07. The number of aliphatic carboxylic acids is 1. The molecule has 0 saturated carbocycles. The van der Waals surface area contributed by atoms with E-state index < -0.39 is 22.0 Å². The highest BCUT2D eigenvalue weighted by molar-refractivity contribution is 7.92. The minimum atomic E-state index is -3.77. The molecular weight excluding hydrogens is 308 g/mol. The Balaban J connectivity index is 2.13. The summed E-state index contributed by atoms with van der Waals surface area (Å²) < 4.78 is 26.4. The fraction of sp³-hybridized carbons (Fsp3) is 0.154. The van der Waals surface area contributed by atoms with Gasteiger partial charge in [-0.3, -0.25) is 4.79 Å². The molecule has 0 aliphatic heterocycles. The molecule has 116 valence electrons. The van der Waals surface area contributed by atoms with Gasteiger partial charge in [0.2, 0.25) is 5.95 Å². The maximum Gasteiger partial charge on any atom is 0.305 e. The fourth-order valence-corrected chi connectivity index (χ4v) is 2.65. The second-order valence-electron chi connectivity index (χ2n) is 4.46. The van der Waals surface area contributed by atoms with E-state index in [1.807, 2.05) is 0 Å². The summed E-state index contributed by atoms with van der Waals surface area (Å²) >= 11 is 0. The number of carbonyl (C=O) groups is 1. The molecule has 0 bridgehead atoms. The van der Waals surface area contributed by atoms with E-state index >= 15 is 0 Å². The lowest BCUT2D eigenvalue weighted by Gasteiger charge is -2.10. The Morgan fingerprint density at radius 3 is 2.36 bits per heavy atom. The van der Waals surface area contributed by atoms with Crippen LogP contribution < -0.4 is 10.5 Å². The van der Waals surface area contributed by atoms with E-state index in [1.165, 1.54) is 24.5 Å². The highest BCUT2D eigenvalue weighted by Gasteiger charge is 2.16. The largest absolute Gasteiger partial charge is 0.481 e. The second-order valence-corrected chi connectivity index (χ2v) is 6.15. The van der Waals surface area contributed by atoms with Gasteiger partial charge in [0.05, 0.1) is 11.3 Å². The normalized spacial score (nSPS) is 12.6. The molecule has 1 heterocycles. The Bertz CT molecular complexity index is 747. The van der Waals surface area contributed by atoms with Gasteiger partial charge in [0, 0.05) is 24.0 Å². The number of hydrogen-bond acceptors (Lipinski definition) is 6. The van der Waals surface area contributed by atoms with Crippen molar-refractivity contribution in [3.63, 3.8) is 0 Å². The van der Waals surface area contributed by atoms with Crippen molar-refractivity contribution in [2.24, 2.45) is 5.73 Å². The number of rotatable bonds is 6. The molecule has 1 atom stereocenters. The Labute approximate surface area is 127 Å². The van der Waals surface area contributed by atoms with Crippen LogP contribution in [0.15, 0.2) is 47.6 Å². The number of aromatic nitrogens is 2. The molecule has 0 spiro atoms. The summed E-state index contributed by atoms with van der Waals surface area (Å²) in [6.07, 6.45) is 2.32. The van der Waals surface area contributed by atoms with Crippen molar-refractivity contribution in [2.45, 2.75) is 17.4 Å². The fourth-order valence-electron chi connectivity index (χ4n) is 1.67. The van der Waals surface area contributed by atoms with E-state index in [-0.39, 0.29) is 17.3 Å². The van der Waals surface area contributed by atoms with Gasteiger partial charge in [-0.15, -0.1) is 0 Å². The summed E-state index contributed by atoms with van der Waals surface area (Å²) in [5, 5.41) is 8.67. The van der Waals surface area contributed by atoms with Crippen molar-refractivity contribution in [3.8, 4) is 0 Å². The number of carboxylic acids is 1. The van der Waals surface area contributed by atoms with Gasteiger partial charge in [-0.25, -0.2) is 23.1 Å². The SMILES string of the molecule is NC(CC(=O)O)c1cnc(NS(=O)(=O)c2ccccc2)nc1. The Morgan fingerprint density at radius 1 is 1.23 bits per heavy atom. The van der Waals surface area contributed by atoms with E-state index in [2.05, 4.69) is 14.7 Å². The molecule has 9 heteroatoms. The zero-order chi connectivity index (χ0) is 16.2. The van der Waals surface area contributed by atoms with E-state index in [9.17, 15) is 13.2 Å². The molecule has 8 nitrogen and oxygen atoms in total. The van der Waals surface area contributed by atoms with Crippen LogP contribution in [0.3, 0.4) is 0 Å². The average Bonchev–Trinajstić information content (AvgIpc) is 2.48. The molecule has 0 radical (unpaired) electrons. The molecule has 2 aromatic rings. The van der Waals surface area contributed by atoms with Crippen LogP contribution >= 0.6 is 0 Å². The van der Waals surface area contributed by atoms with Crippen LogP contribution in [0.1, 0.15) is 18.0 Å². The van der Waals surface area contributed by atoms with Gasteiger partial charge >= 0.3 is 5.97 Å². The summed E-state index contributed by atoms with van der Waals surface area (Å²) in [6.45, 7) is 0. The van der Waals surface area contributed by atoms with Gasteiger partial charge in [0.15, 0.2) is 0 Å². The summed E-state index contributed by atoms with van der Waals surface area (Å²) in [6, 6.07) is 7.04. The third-order valence-electron chi connectivity index (χ3n) is 2.77. The third-order valence-corrected chi connectivity index (χ3v) is 4.12. The molecule has 1 aromatic heterocycles. The van der Waals surface area contributed by atoms with Crippen molar-refractivity contribution >= 4 is 21.9 Å². The summed E-state index contributed by atoms with van der Waals surface area (Å²) in [5.74, 6) is -1.16. The summed E-state index contributed by atoms with van der Waals surface area (Å²) in [4.78, 5) is 18.4. The number of sulfonamides is 1. The average molecular weight is 322 g/mol. The van der Waals surface area contributed by atoms with Gasteiger partial charge < -0.3 is 10.8 Å². The topological polar surface area (TPSA) is 135 Å². The van der Waals surface area contributed by atoms with Crippen LogP contribution in [0.4, 0.5) is 5.95 Å². The molecular formula is C13H14N4O4S. The molecule has 2 rings (SSSR count). The van der Waals surface area contributed by atoms with Crippen molar-refractivity contribution in [1.29, 1.82) is 0 Å². The van der Waals surface area contributed by atoms with Crippen molar-refractivity contribution in [3.05, 3.63) is 48.3 Å². The predicted octanol–water partition coefficient (Wildman–Crippen LogP) is 0.752. The van der Waals surface area contributed by atoms with Crippen LogP contribution in [-0.2, 0) is 14.8 Å². The molecule has 0 aliphatic carbocycles. The standard InChI is InChI=1S/C13H14N4O4S/c14-11(6-12(18)19)9-7-15-13(16-8-9)17-22(20,21)10-4-2-1-3-5-10/h1-5,7-8,11H,6,14H2,(H,18,19)(H,15,16,17). The van der Waals surface area contributed by atoms with Gasteiger partial charge in [-0.1, -0.05) is 18.2 Å². The van der Waals surface area contributed by atoms with Gasteiger partial charge in [-0.05, 0) is 12.1 Å². The highest BCUT2D eigenvalue weighted by atomic mass is 32.2. The van der Waals surface area contributed by atoms with E-state index in [4.69, 9.17) is 10.8 Å². The molecule has 1 aromatic carbocycles. The lowest BCUT2D eigenvalue weighted by atomic mass is 10.1. The molecule has 4 N–H and O–H groups in total. The zero-order valence-electron chi connectivity index (χ0n) is 11.4. The summed E-state index contributed by atoms with van der Waals surface area (Å²) in [7, 11) is -3.77. The van der Waals surface area contributed by atoms with Crippen molar-refractivity contribution in [2.75, 3.05) is 4.72 Å². The quantitative estimate of drug-likeness (QED) is 0.714. The Kier molecular flexibility index (Phi) is 4.68. The smallest absolute Gasteiger partial charge is 0.305 e. The zero-order valence-corrected chi connectivity index (χ0v) is 12.2. The van der Waals surface area contributed by atoms with Crippen molar-refractivity contribution in [1.82, 2.24) is 9.97 Å². The van der Waals surface area contributed by atoms with E-state index in [0.717, 1.165) is 0 Å². The van der Waals surface area contributed by atoms with Gasteiger partial charge in [-0.2, -0.15) is 0 Å². The minimum Gasteiger partial charge on any atom is -0.481 e. The first-order valence-corrected chi connectivity index (χ1v) is 7.74. The monoisotopic (exact) mass is 322 g/mol. The first kappa shape index (κ1) is 15.9. The van der Waals surface area contributed by atoms with Crippen LogP contribution in [0, 0.1) is 0 Å². The number of anilines is 1. The predicted molar refractivity (Wildman–Crippen MR) is 78.5 cm³/mol. The van der Waals surface area contributed by atoms with Crippen LogP contribution in [0.25, 0.3) is 0 Å². The van der Waals surface area contributed by atoms with Crippen LogP contribution in [0.5, 0.6) is 0 Å². The maximum absolute atomic E-state index is 12.1. The third kappa shape index (κ3) is 3.99. The molecule has 0 fully saturated rings. The van der Waals surface area contributed by atoms with Gasteiger partial charge in [0.25, 0.3) is 10.0 Å². The maximum atomic E-state index is 12.1. The highest BCUT2D eigenvalue weighted by Crippen LogP contribution is 2.15. The van der Waals surface area contributed by atoms with Crippen LogP contribution in [-0.4, -0.2) is 29.5 Å². The van der Waals surface area contributed by atoms with E-state index in [0.29, 0.717) is 5.56 Å². The number of benzene rings is 1. The first-order valence-electron chi connectivity index (χ1n) is 6.25. The second kappa shape index (κ2) is 6.50. The van der Waals surface area contributed by atoms with Crippen molar-refractivity contribution < 1.29 is 18.3 Å². The number of hydrogen-bond donors (Lipinski definition) is 3. The first-order chi connectivity index (χ1) is 10.4. The number of nitrogens with zero attached hydrogens (tertiary/aromatic N) is 2. The van der Waals surface area contributed by atoms with E-state index in [1.54, 1.807) is 18.2 Å². The van der Waals surface area contributed by atoms with Gasteiger partial charge in [0.1, 0.15) is 0 Å². The Hall–Kier alpha value is -2.52. The number of nitrogens with one attached hydrogen (secondary N) is 1. The van der Waals surface area contributed by atoms with Crippen LogP contribution in [0.2, 0.25) is 0 Å². The molecule has 0 saturated heterocycles. The lowest BCUT2D eigenvalue weighted by molar-refractivity contribution is -0.137. The minimum absolute atomic E-state index is 0.0882. The molecule has 0 amide bonds. The number of nitrogens with two attached hydrogens (primary N) is 1. The molecule has 22 heavy (non-hydrogen) atoms. The molecule has 1 unspecified atom stereocenters.